The van der Waals surface area contributed by atoms with E-state index in [4.69, 9.17) is 0 Å². The van der Waals surface area contributed by atoms with Crippen LogP contribution in [0.4, 0.5) is 0 Å². The van der Waals surface area contributed by atoms with Crippen molar-refractivity contribution in [3.8, 4) is 0 Å². The summed E-state index contributed by atoms with van der Waals surface area (Å²) in [6.07, 6.45) is 7.79. The molecule has 0 bridgehead atoms. The SMILES string of the molecule is O=C(c1cc2c(s1)CCCCC2)N1CCN(Cc2cc(=O)n3ccsc3n2)CC1. The van der Waals surface area contributed by atoms with Gasteiger partial charge in [0.05, 0.1) is 10.6 Å². The van der Waals surface area contributed by atoms with Gasteiger partial charge in [0.15, 0.2) is 4.96 Å². The van der Waals surface area contributed by atoms with Gasteiger partial charge in [0.25, 0.3) is 11.5 Å². The highest BCUT2D eigenvalue weighted by Gasteiger charge is 2.25. The maximum absolute atomic E-state index is 13.0. The summed E-state index contributed by atoms with van der Waals surface area (Å²) in [6.45, 7) is 3.72. The number of aromatic nitrogens is 2. The van der Waals surface area contributed by atoms with Gasteiger partial charge < -0.3 is 4.90 Å². The van der Waals surface area contributed by atoms with Crippen molar-refractivity contribution >= 4 is 33.5 Å². The summed E-state index contributed by atoms with van der Waals surface area (Å²) in [5.41, 5.74) is 2.17. The molecule has 3 aromatic rings. The number of hydrogen-bond donors (Lipinski definition) is 0. The molecule has 0 spiro atoms. The van der Waals surface area contributed by atoms with E-state index in [0.717, 1.165) is 54.6 Å². The summed E-state index contributed by atoms with van der Waals surface area (Å²) in [5, 5.41) is 1.88. The fraction of sp³-hybridized carbons (Fsp3) is 0.476. The Labute approximate surface area is 177 Å². The van der Waals surface area contributed by atoms with Crippen molar-refractivity contribution in [3.05, 3.63) is 55.1 Å². The second-order valence-electron chi connectivity index (χ2n) is 7.83. The average molecular weight is 429 g/mol. The topological polar surface area (TPSA) is 57.9 Å². The first-order chi connectivity index (χ1) is 14.2. The van der Waals surface area contributed by atoms with Crippen molar-refractivity contribution in [2.45, 2.75) is 38.6 Å². The first-order valence-corrected chi connectivity index (χ1v) is 12.0. The molecule has 2 aliphatic rings. The third-order valence-corrected chi connectivity index (χ3v) is 7.84. The van der Waals surface area contributed by atoms with Crippen molar-refractivity contribution in [1.29, 1.82) is 0 Å². The smallest absolute Gasteiger partial charge is 0.264 e. The minimum Gasteiger partial charge on any atom is -0.335 e. The molecule has 3 aromatic heterocycles. The molecular formula is C21H24N4O2S2. The molecule has 6 nitrogen and oxygen atoms in total. The summed E-state index contributed by atoms with van der Waals surface area (Å²) in [7, 11) is 0. The number of hydrogen-bond acceptors (Lipinski definition) is 6. The van der Waals surface area contributed by atoms with Gasteiger partial charge in [0, 0.05) is 55.2 Å². The lowest BCUT2D eigenvalue weighted by molar-refractivity contribution is 0.0632. The number of rotatable bonds is 3. The van der Waals surface area contributed by atoms with Crippen molar-refractivity contribution < 1.29 is 4.79 Å². The van der Waals surface area contributed by atoms with Gasteiger partial charge in [-0.2, -0.15) is 0 Å². The molecule has 0 atom stereocenters. The van der Waals surface area contributed by atoms with Crippen molar-refractivity contribution in [1.82, 2.24) is 19.2 Å². The zero-order valence-electron chi connectivity index (χ0n) is 16.3. The number of piperazine rings is 1. The van der Waals surface area contributed by atoms with Crippen LogP contribution >= 0.6 is 22.7 Å². The third-order valence-electron chi connectivity index (χ3n) is 5.86. The molecule has 1 saturated heterocycles. The summed E-state index contributed by atoms with van der Waals surface area (Å²) >= 11 is 3.18. The van der Waals surface area contributed by atoms with Crippen LogP contribution in [0.2, 0.25) is 0 Å². The molecule has 0 unspecified atom stereocenters. The van der Waals surface area contributed by atoms with Gasteiger partial charge in [-0.15, -0.1) is 22.7 Å². The number of amides is 1. The van der Waals surface area contributed by atoms with Gasteiger partial charge in [0.2, 0.25) is 0 Å². The monoisotopic (exact) mass is 428 g/mol. The van der Waals surface area contributed by atoms with E-state index in [2.05, 4.69) is 16.0 Å². The van der Waals surface area contributed by atoms with Crippen LogP contribution in [0, 0.1) is 0 Å². The average Bonchev–Trinajstić information content (AvgIpc) is 3.30. The molecule has 1 fully saturated rings. The number of thiophene rings is 1. The van der Waals surface area contributed by atoms with E-state index in [1.165, 1.54) is 41.0 Å². The van der Waals surface area contributed by atoms with Crippen LogP contribution in [-0.2, 0) is 19.4 Å². The molecule has 152 valence electrons. The van der Waals surface area contributed by atoms with Gasteiger partial charge >= 0.3 is 0 Å². The zero-order valence-corrected chi connectivity index (χ0v) is 17.9. The highest BCUT2D eigenvalue weighted by molar-refractivity contribution is 7.15. The summed E-state index contributed by atoms with van der Waals surface area (Å²) in [5.74, 6) is 0.180. The standard InChI is InChI=1S/C21H24N4O2S2/c26-19-13-16(22-21-25(19)10-11-28-21)14-23-6-8-24(9-7-23)20(27)18-12-15-4-2-1-3-5-17(15)29-18/h10-13H,1-9,14H2. The van der Waals surface area contributed by atoms with Gasteiger partial charge in [-0.05, 0) is 37.3 Å². The van der Waals surface area contributed by atoms with Crippen LogP contribution in [0.15, 0.2) is 28.5 Å². The van der Waals surface area contributed by atoms with Crippen LogP contribution in [0.3, 0.4) is 0 Å². The summed E-state index contributed by atoms with van der Waals surface area (Å²) in [4.78, 5) is 37.1. The largest absolute Gasteiger partial charge is 0.335 e. The van der Waals surface area contributed by atoms with E-state index in [-0.39, 0.29) is 11.5 Å². The lowest BCUT2D eigenvalue weighted by Gasteiger charge is -2.34. The molecule has 4 heterocycles. The Morgan fingerprint density at radius 3 is 2.76 bits per heavy atom. The highest BCUT2D eigenvalue weighted by atomic mass is 32.1. The maximum atomic E-state index is 13.0. The van der Waals surface area contributed by atoms with E-state index in [0.29, 0.717) is 6.54 Å². The fourth-order valence-corrected chi connectivity index (χ4v) is 6.20. The maximum Gasteiger partial charge on any atom is 0.264 e. The molecular weight excluding hydrogens is 404 g/mol. The lowest BCUT2D eigenvalue weighted by Crippen LogP contribution is -2.48. The van der Waals surface area contributed by atoms with E-state index in [9.17, 15) is 9.59 Å². The molecule has 1 aliphatic heterocycles. The predicted molar refractivity (Wildman–Crippen MR) is 116 cm³/mol. The Balaban J connectivity index is 1.22. The molecule has 1 amide bonds. The fourth-order valence-electron chi connectivity index (χ4n) is 4.24. The van der Waals surface area contributed by atoms with Gasteiger partial charge in [-0.1, -0.05) is 6.42 Å². The molecule has 1 aliphatic carbocycles. The normalized spacial score (nSPS) is 18.0. The number of fused-ring (bicyclic) bond motifs is 2. The van der Waals surface area contributed by atoms with Crippen LogP contribution in [0.1, 0.15) is 45.1 Å². The quantitative estimate of drug-likeness (QED) is 0.602. The number of carbonyl (C=O) groups is 1. The number of carbonyl (C=O) groups excluding carboxylic acids is 1. The van der Waals surface area contributed by atoms with Gasteiger partial charge in [-0.25, -0.2) is 4.98 Å². The zero-order chi connectivity index (χ0) is 19.8. The lowest BCUT2D eigenvalue weighted by atomic mass is 10.1. The molecule has 0 N–H and O–H groups in total. The van der Waals surface area contributed by atoms with Gasteiger partial charge in [-0.3, -0.25) is 18.9 Å². The molecule has 0 saturated carbocycles. The Morgan fingerprint density at radius 2 is 1.90 bits per heavy atom. The molecule has 0 aromatic carbocycles. The Bertz CT molecular complexity index is 1070. The molecule has 8 heteroatoms. The Morgan fingerprint density at radius 1 is 1.07 bits per heavy atom. The highest BCUT2D eigenvalue weighted by Crippen LogP contribution is 2.30. The van der Waals surface area contributed by atoms with Crippen molar-refractivity contribution in [2.75, 3.05) is 26.2 Å². The first-order valence-electron chi connectivity index (χ1n) is 10.3. The molecule has 29 heavy (non-hydrogen) atoms. The van der Waals surface area contributed by atoms with Crippen molar-refractivity contribution in [3.63, 3.8) is 0 Å². The molecule has 0 radical (unpaired) electrons. The Hall–Kier alpha value is -2.03. The Kier molecular flexibility index (Phi) is 5.24. The van der Waals surface area contributed by atoms with Crippen molar-refractivity contribution in [2.24, 2.45) is 0 Å². The second-order valence-corrected chi connectivity index (χ2v) is 9.84. The minimum absolute atomic E-state index is 0.0301. The third kappa shape index (κ3) is 3.89. The summed E-state index contributed by atoms with van der Waals surface area (Å²) < 4.78 is 1.58. The minimum atomic E-state index is -0.0301. The number of thiazole rings is 1. The predicted octanol–water partition coefficient (Wildman–Crippen LogP) is 3.04. The van der Waals surface area contributed by atoms with Crippen LogP contribution in [0.5, 0.6) is 0 Å². The van der Waals surface area contributed by atoms with Crippen LogP contribution in [-0.4, -0.2) is 51.3 Å². The van der Waals surface area contributed by atoms with E-state index in [1.807, 2.05) is 10.3 Å². The summed E-state index contributed by atoms with van der Waals surface area (Å²) in [6, 6.07) is 3.77. The van der Waals surface area contributed by atoms with E-state index >= 15 is 0 Å². The number of nitrogens with zero attached hydrogens (tertiary/aromatic N) is 4. The first kappa shape index (κ1) is 19.0. The van der Waals surface area contributed by atoms with Crippen LogP contribution < -0.4 is 5.56 Å². The second kappa shape index (κ2) is 8.01. The number of aryl methyl sites for hydroxylation is 2. The van der Waals surface area contributed by atoms with Gasteiger partial charge in [0.1, 0.15) is 0 Å². The van der Waals surface area contributed by atoms with E-state index in [1.54, 1.807) is 28.0 Å². The van der Waals surface area contributed by atoms with Crippen LogP contribution in [0.25, 0.3) is 4.96 Å². The molecule has 5 rings (SSSR count). The van der Waals surface area contributed by atoms with E-state index < -0.39 is 0 Å².